The first-order chi connectivity index (χ1) is 13.9. The van der Waals surface area contributed by atoms with Gasteiger partial charge in [-0.1, -0.05) is 42.0 Å². The number of aryl methyl sites for hydroxylation is 2. The molecule has 6 heteroatoms. The predicted octanol–water partition coefficient (Wildman–Crippen LogP) is 5.47. The van der Waals surface area contributed by atoms with Gasteiger partial charge in [0.05, 0.1) is 11.6 Å². The number of rotatable bonds is 8. The molecule has 0 aliphatic heterocycles. The molecule has 0 atom stereocenters. The minimum Gasteiger partial charge on any atom is -0.490 e. The Morgan fingerprint density at radius 3 is 2.66 bits per heavy atom. The first-order valence-electron chi connectivity index (χ1n) is 9.10. The highest BCUT2D eigenvalue weighted by atomic mass is 35.5. The highest BCUT2D eigenvalue weighted by Gasteiger charge is 2.15. The number of hydrogen-bond acceptors (Lipinski definition) is 4. The average Bonchev–Trinajstić information content (AvgIpc) is 2.67. The van der Waals surface area contributed by atoms with Gasteiger partial charge in [0.15, 0.2) is 11.5 Å². The molecular formula is C23H23ClN2O3. The number of halogens is 1. The number of nitrogens with zero attached hydrogens (tertiary/aromatic N) is 1. The lowest BCUT2D eigenvalue weighted by atomic mass is 10.1. The number of anilines is 1. The van der Waals surface area contributed by atoms with Crippen LogP contribution in [0.2, 0.25) is 5.02 Å². The minimum absolute atomic E-state index is 0.0525. The number of carbonyl (C=O) groups is 1. The minimum atomic E-state index is -0.500. The van der Waals surface area contributed by atoms with Gasteiger partial charge in [-0.05, 0) is 56.2 Å². The number of carbonyl (C=O) groups excluding carboxylic acids is 1. The standard InChI is InChI=1S/C23H23ClN2O3/c1-5-9-29-22-19(24)12-17(13-21(22)28-6-2)11-18(14-25)23(27)26-20-8-7-15(3)10-16(20)4/h5,7-8,10-13H,1,6,9H2,2-4H3,(H,26,27)/b18-11+. The van der Waals surface area contributed by atoms with Gasteiger partial charge < -0.3 is 14.8 Å². The Labute approximate surface area is 176 Å². The molecule has 0 aliphatic rings. The molecule has 0 fully saturated rings. The van der Waals surface area contributed by atoms with Crippen molar-refractivity contribution in [3.05, 3.63) is 70.3 Å². The summed E-state index contributed by atoms with van der Waals surface area (Å²) in [5.41, 5.74) is 3.16. The third-order valence-corrected chi connectivity index (χ3v) is 4.26. The van der Waals surface area contributed by atoms with Crippen molar-refractivity contribution in [3.8, 4) is 17.6 Å². The van der Waals surface area contributed by atoms with Gasteiger partial charge in [-0.3, -0.25) is 4.79 Å². The molecule has 29 heavy (non-hydrogen) atoms. The van der Waals surface area contributed by atoms with E-state index < -0.39 is 5.91 Å². The fourth-order valence-corrected chi connectivity index (χ4v) is 2.95. The molecule has 0 aromatic heterocycles. The highest BCUT2D eigenvalue weighted by Crippen LogP contribution is 2.37. The molecule has 5 nitrogen and oxygen atoms in total. The lowest BCUT2D eigenvalue weighted by Crippen LogP contribution is -2.14. The quantitative estimate of drug-likeness (QED) is 0.356. The SMILES string of the molecule is C=CCOc1c(Cl)cc(/C=C(\C#N)C(=O)Nc2ccc(C)cc2C)cc1OCC. The van der Waals surface area contributed by atoms with Crippen LogP contribution < -0.4 is 14.8 Å². The maximum Gasteiger partial charge on any atom is 0.266 e. The van der Waals surface area contributed by atoms with E-state index in [0.717, 1.165) is 11.1 Å². The second-order valence-electron chi connectivity index (χ2n) is 6.30. The topological polar surface area (TPSA) is 71.3 Å². The van der Waals surface area contributed by atoms with Crippen LogP contribution in [0.15, 0.2) is 48.6 Å². The van der Waals surface area contributed by atoms with Gasteiger partial charge in [0.2, 0.25) is 0 Å². The number of nitriles is 1. The molecule has 0 spiro atoms. The van der Waals surface area contributed by atoms with Crippen molar-refractivity contribution in [1.29, 1.82) is 5.26 Å². The summed E-state index contributed by atoms with van der Waals surface area (Å²) >= 11 is 6.33. The maximum absolute atomic E-state index is 12.6. The van der Waals surface area contributed by atoms with Crippen LogP contribution in [0.4, 0.5) is 5.69 Å². The van der Waals surface area contributed by atoms with Crippen molar-refractivity contribution in [1.82, 2.24) is 0 Å². The Balaban J connectivity index is 2.34. The summed E-state index contributed by atoms with van der Waals surface area (Å²) in [7, 11) is 0. The summed E-state index contributed by atoms with van der Waals surface area (Å²) in [5.74, 6) is 0.324. The van der Waals surface area contributed by atoms with E-state index in [2.05, 4.69) is 11.9 Å². The van der Waals surface area contributed by atoms with Crippen molar-refractivity contribution in [2.75, 3.05) is 18.5 Å². The molecule has 0 saturated carbocycles. The number of nitrogens with one attached hydrogen (secondary N) is 1. The summed E-state index contributed by atoms with van der Waals surface area (Å²) < 4.78 is 11.2. The van der Waals surface area contributed by atoms with Crippen molar-refractivity contribution < 1.29 is 14.3 Å². The molecule has 0 aliphatic carbocycles. The largest absolute Gasteiger partial charge is 0.490 e. The van der Waals surface area contributed by atoms with Gasteiger partial charge in [-0.15, -0.1) is 0 Å². The average molecular weight is 411 g/mol. The van der Waals surface area contributed by atoms with Crippen LogP contribution in [0.3, 0.4) is 0 Å². The van der Waals surface area contributed by atoms with Crippen LogP contribution in [-0.4, -0.2) is 19.1 Å². The van der Waals surface area contributed by atoms with Crippen LogP contribution in [-0.2, 0) is 4.79 Å². The number of hydrogen-bond donors (Lipinski definition) is 1. The monoisotopic (exact) mass is 410 g/mol. The van der Waals surface area contributed by atoms with Crippen LogP contribution in [0.5, 0.6) is 11.5 Å². The van der Waals surface area contributed by atoms with Gasteiger partial charge in [-0.2, -0.15) is 5.26 Å². The smallest absolute Gasteiger partial charge is 0.266 e. The summed E-state index contributed by atoms with van der Waals surface area (Å²) in [4.78, 5) is 12.6. The third-order valence-electron chi connectivity index (χ3n) is 3.98. The summed E-state index contributed by atoms with van der Waals surface area (Å²) in [6.07, 6.45) is 3.07. The van der Waals surface area contributed by atoms with Gasteiger partial charge in [-0.25, -0.2) is 0 Å². The second-order valence-corrected chi connectivity index (χ2v) is 6.71. The van der Waals surface area contributed by atoms with E-state index in [-0.39, 0.29) is 12.2 Å². The molecular weight excluding hydrogens is 388 g/mol. The lowest BCUT2D eigenvalue weighted by molar-refractivity contribution is -0.112. The van der Waals surface area contributed by atoms with E-state index in [1.165, 1.54) is 6.08 Å². The van der Waals surface area contributed by atoms with Gasteiger partial charge in [0, 0.05) is 5.69 Å². The van der Waals surface area contributed by atoms with Crippen LogP contribution in [0, 0.1) is 25.2 Å². The molecule has 0 heterocycles. The van der Waals surface area contributed by atoms with Crippen molar-refractivity contribution in [3.63, 3.8) is 0 Å². The maximum atomic E-state index is 12.6. The molecule has 150 valence electrons. The predicted molar refractivity (Wildman–Crippen MR) is 116 cm³/mol. The van der Waals surface area contributed by atoms with Gasteiger partial charge in [0.1, 0.15) is 18.2 Å². The van der Waals surface area contributed by atoms with Crippen molar-refractivity contribution in [2.24, 2.45) is 0 Å². The van der Waals surface area contributed by atoms with Crippen LogP contribution in [0.25, 0.3) is 6.08 Å². The molecule has 0 radical (unpaired) electrons. The highest BCUT2D eigenvalue weighted by molar-refractivity contribution is 6.32. The molecule has 2 rings (SSSR count). The summed E-state index contributed by atoms with van der Waals surface area (Å²) in [6, 6.07) is 10.9. The van der Waals surface area contributed by atoms with E-state index in [1.807, 2.05) is 45.0 Å². The Hall–Kier alpha value is -3.23. The molecule has 0 saturated heterocycles. The Bertz CT molecular complexity index is 990. The number of benzene rings is 2. The zero-order chi connectivity index (χ0) is 21.4. The normalized spacial score (nSPS) is 10.8. The zero-order valence-electron chi connectivity index (χ0n) is 16.7. The second kappa shape index (κ2) is 10.4. The molecule has 0 unspecified atom stereocenters. The fourth-order valence-electron chi connectivity index (χ4n) is 2.68. The Morgan fingerprint density at radius 2 is 2.03 bits per heavy atom. The Morgan fingerprint density at radius 1 is 1.28 bits per heavy atom. The van der Waals surface area contributed by atoms with Crippen LogP contribution >= 0.6 is 11.6 Å². The van der Waals surface area contributed by atoms with E-state index in [1.54, 1.807) is 18.2 Å². The van der Waals surface area contributed by atoms with E-state index in [4.69, 9.17) is 21.1 Å². The molecule has 2 aromatic carbocycles. The number of amides is 1. The molecule has 1 N–H and O–H groups in total. The molecule has 1 amide bonds. The summed E-state index contributed by atoms with van der Waals surface area (Å²) in [5, 5.41) is 12.6. The first kappa shape index (κ1) is 22.1. The van der Waals surface area contributed by atoms with Crippen molar-refractivity contribution >= 4 is 29.3 Å². The summed E-state index contributed by atoms with van der Waals surface area (Å²) in [6.45, 7) is 10.0. The first-order valence-corrected chi connectivity index (χ1v) is 9.47. The van der Waals surface area contributed by atoms with Crippen molar-refractivity contribution in [2.45, 2.75) is 20.8 Å². The number of ether oxygens (including phenoxy) is 2. The zero-order valence-corrected chi connectivity index (χ0v) is 17.5. The van der Waals surface area contributed by atoms with Gasteiger partial charge >= 0.3 is 0 Å². The van der Waals surface area contributed by atoms with E-state index >= 15 is 0 Å². The Kier molecular flexibility index (Phi) is 7.88. The van der Waals surface area contributed by atoms with Crippen LogP contribution in [0.1, 0.15) is 23.6 Å². The fraction of sp³-hybridized carbons (Fsp3) is 0.217. The van der Waals surface area contributed by atoms with E-state index in [0.29, 0.717) is 34.4 Å². The molecule has 2 aromatic rings. The van der Waals surface area contributed by atoms with Gasteiger partial charge in [0.25, 0.3) is 5.91 Å². The lowest BCUT2D eigenvalue weighted by Gasteiger charge is -2.13. The molecule has 0 bridgehead atoms. The van der Waals surface area contributed by atoms with E-state index in [9.17, 15) is 10.1 Å². The third kappa shape index (κ3) is 5.87.